The Morgan fingerprint density at radius 1 is 1.15 bits per heavy atom. The van der Waals surface area contributed by atoms with E-state index in [1.165, 1.54) is 10.5 Å². The minimum Gasteiger partial charge on any atom is -0.489 e. The fraction of sp³-hybridized carbons (Fsp3) is 0.419. The normalized spacial score (nSPS) is 18.1. The molecule has 2 aromatic carbocycles. The second-order valence-electron chi connectivity index (χ2n) is 11.6. The molecule has 0 saturated carbocycles. The van der Waals surface area contributed by atoms with Crippen LogP contribution in [-0.4, -0.2) is 63.4 Å². The highest BCUT2D eigenvalue weighted by Gasteiger charge is 2.36. The lowest BCUT2D eigenvalue weighted by molar-refractivity contribution is -0.155. The van der Waals surface area contributed by atoms with Gasteiger partial charge in [0.2, 0.25) is 5.91 Å². The zero-order valence-corrected chi connectivity index (χ0v) is 23.3. The predicted molar refractivity (Wildman–Crippen MR) is 150 cm³/mol. The number of likely N-dealkylation sites (tertiary alicyclic amines) is 1. The van der Waals surface area contributed by atoms with Crippen LogP contribution in [0.15, 0.2) is 54.7 Å². The van der Waals surface area contributed by atoms with Crippen molar-refractivity contribution in [2.75, 3.05) is 13.1 Å². The maximum atomic E-state index is 13.1. The number of amides is 2. The van der Waals surface area contributed by atoms with Gasteiger partial charge in [-0.25, -0.2) is 0 Å². The first-order chi connectivity index (χ1) is 19.1. The molecule has 210 valence electrons. The number of benzene rings is 2. The van der Waals surface area contributed by atoms with Crippen molar-refractivity contribution < 1.29 is 23.9 Å². The number of carbonyl (C=O) groups is 3. The molecule has 9 heteroatoms. The van der Waals surface area contributed by atoms with E-state index in [1.807, 2.05) is 12.1 Å². The Bertz CT molecular complexity index is 1430. The number of rotatable bonds is 9. The summed E-state index contributed by atoms with van der Waals surface area (Å²) in [7, 11) is 0. The third kappa shape index (κ3) is 6.42. The fourth-order valence-electron chi connectivity index (χ4n) is 5.45. The van der Waals surface area contributed by atoms with Crippen LogP contribution in [0.4, 0.5) is 0 Å². The van der Waals surface area contributed by atoms with Crippen LogP contribution in [0, 0.1) is 0 Å². The molecular formula is C31H36N4O5. The number of primary amides is 1. The largest absolute Gasteiger partial charge is 0.489 e. The first-order valence-electron chi connectivity index (χ1n) is 13.7. The van der Waals surface area contributed by atoms with E-state index in [0.717, 1.165) is 42.5 Å². The van der Waals surface area contributed by atoms with E-state index in [-0.39, 0.29) is 31.4 Å². The molecule has 1 aromatic heterocycles. The summed E-state index contributed by atoms with van der Waals surface area (Å²) in [6.07, 6.45) is 2.86. The number of carbonyl (C=O) groups excluding carboxylic acids is 3. The van der Waals surface area contributed by atoms with Gasteiger partial charge in [-0.2, -0.15) is 0 Å². The molecule has 2 amide bonds. The van der Waals surface area contributed by atoms with Gasteiger partial charge in [-0.15, -0.1) is 0 Å². The van der Waals surface area contributed by atoms with Gasteiger partial charge in [0, 0.05) is 49.7 Å². The van der Waals surface area contributed by atoms with Crippen molar-refractivity contribution in [3.05, 3.63) is 71.4 Å². The number of nitrogens with zero attached hydrogens (tertiary/aromatic N) is 3. The molecule has 9 nitrogen and oxygen atoms in total. The second-order valence-corrected chi connectivity index (χ2v) is 11.6. The highest BCUT2D eigenvalue weighted by atomic mass is 16.6. The number of esters is 1. The van der Waals surface area contributed by atoms with Gasteiger partial charge in [-0.05, 0) is 81.1 Å². The van der Waals surface area contributed by atoms with Crippen molar-refractivity contribution in [2.24, 2.45) is 5.73 Å². The zero-order chi connectivity index (χ0) is 28.4. The van der Waals surface area contributed by atoms with Gasteiger partial charge in [0.25, 0.3) is 5.91 Å². The predicted octanol–water partition coefficient (Wildman–Crippen LogP) is 3.82. The quantitative estimate of drug-likeness (QED) is 0.407. The van der Waals surface area contributed by atoms with Crippen LogP contribution in [0.1, 0.15) is 61.5 Å². The number of hydrogen-bond donors (Lipinski definition) is 1. The Labute approximate surface area is 234 Å². The summed E-state index contributed by atoms with van der Waals surface area (Å²) in [5, 5.41) is 1.14. The number of pyridine rings is 1. The van der Waals surface area contributed by atoms with Gasteiger partial charge in [0.1, 0.15) is 23.5 Å². The summed E-state index contributed by atoms with van der Waals surface area (Å²) in [6, 6.07) is 14.9. The van der Waals surface area contributed by atoms with Crippen molar-refractivity contribution >= 4 is 28.7 Å². The summed E-state index contributed by atoms with van der Waals surface area (Å²) in [5.74, 6) is -0.648. The monoisotopic (exact) mass is 544 g/mol. The van der Waals surface area contributed by atoms with Crippen molar-refractivity contribution in [1.82, 2.24) is 14.8 Å². The van der Waals surface area contributed by atoms with Crippen molar-refractivity contribution in [1.29, 1.82) is 0 Å². The van der Waals surface area contributed by atoms with E-state index in [4.69, 9.17) is 15.2 Å². The Morgan fingerprint density at radius 2 is 1.98 bits per heavy atom. The molecule has 0 aliphatic carbocycles. The maximum Gasteiger partial charge on any atom is 0.306 e. The summed E-state index contributed by atoms with van der Waals surface area (Å²) in [6.45, 7) is 8.16. The van der Waals surface area contributed by atoms with Crippen LogP contribution in [0.5, 0.6) is 5.75 Å². The zero-order valence-electron chi connectivity index (χ0n) is 23.3. The summed E-state index contributed by atoms with van der Waals surface area (Å²) in [5.41, 5.74) is 8.56. The standard InChI is InChI=1S/C31H36N4O5/c1-31(2,3)40-28(36)11-10-27(29(32)37)35-18-22-16-23(7-8-25(22)30(35)38)39-24-12-14-34(19-24)17-20-6-9-26-21(15-20)5-4-13-33-26/h4-9,13,15-16,24,27H,10-12,14,17-19H2,1-3H3,(H2,32,37)/t24-,27?/m0/s1. The average molecular weight is 545 g/mol. The number of hydrogen-bond acceptors (Lipinski definition) is 7. The highest BCUT2D eigenvalue weighted by molar-refractivity contribution is 6.01. The molecule has 2 aliphatic heterocycles. The van der Waals surface area contributed by atoms with Gasteiger partial charge < -0.3 is 20.1 Å². The summed E-state index contributed by atoms with van der Waals surface area (Å²) < 4.78 is 11.6. The second kappa shape index (κ2) is 11.3. The SMILES string of the molecule is CC(C)(C)OC(=O)CCC(C(N)=O)N1Cc2cc(O[C@H]3CCN(Cc4ccc5ncccc5c4)C3)ccc2C1=O. The summed E-state index contributed by atoms with van der Waals surface area (Å²) in [4.78, 5) is 45.8. The molecule has 5 rings (SSSR count). The first-order valence-corrected chi connectivity index (χ1v) is 13.7. The van der Waals surface area contributed by atoms with Crippen molar-refractivity contribution in [3.63, 3.8) is 0 Å². The molecule has 1 unspecified atom stereocenters. The molecule has 3 aromatic rings. The maximum absolute atomic E-state index is 13.1. The van der Waals surface area contributed by atoms with Crippen LogP contribution in [-0.2, 0) is 27.4 Å². The lowest BCUT2D eigenvalue weighted by Gasteiger charge is -2.25. The van der Waals surface area contributed by atoms with Crippen LogP contribution >= 0.6 is 0 Å². The molecule has 40 heavy (non-hydrogen) atoms. The van der Waals surface area contributed by atoms with E-state index in [2.05, 4.69) is 34.1 Å². The van der Waals surface area contributed by atoms with Crippen LogP contribution in [0.2, 0.25) is 0 Å². The molecular weight excluding hydrogens is 508 g/mol. The van der Waals surface area contributed by atoms with Crippen LogP contribution < -0.4 is 10.5 Å². The Balaban J connectivity index is 1.18. The number of ether oxygens (including phenoxy) is 2. The highest BCUT2D eigenvalue weighted by Crippen LogP contribution is 2.31. The molecule has 2 atom stereocenters. The molecule has 0 radical (unpaired) electrons. The van der Waals surface area contributed by atoms with E-state index in [0.29, 0.717) is 11.3 Å². The minimum atomic E-state index is -0.897. The van der Waals surface area contributed by atoms with E-state index >= 15 is 0 Å². The smallest absolute Gasteiger partial charge is 0.306 e. The van der Waals surface area contributed by atoms with Crippen molar-refractivity contribution in [3.8, 4) is 5.75 Å². The van der Waals surface area contributed by atoms with E-state index < -0.39 is 23.5 Å². The average Bonchev–Trinajstić information content (AvgIpc) is 3.46. The third-order valence-corrected chi connectivity index (χ3v) is 7.26. The molecule has 2 N–H and O–H groups in total. The van der Waals surface area contributed by atoms with Gasteiger partial charge in [0.05, 0.1) is 5.52 Å². The summed E-state index contributed by atoms with van der Waals surface area (Å²) >= 11 is 0. The molecule has 1 fully saturated rings. The lowest BCUT2D eigenvalue weighted by Crippen LogP contribution is -2.45. The van der Waals surface area contributed by atoms with Gasteiger partial charge >= 0.3 is 5.97 Å². The molecule has 0 bridgehead atoms. The first kappa shape index (κ1) is 27.6. The molecule has 0 spiro atoms. The van der Waals surface area contributed by atoms with Crippen molar-refractivity contribution in [2.45, 2.75) is 70.9 Å². The Morgan fingerprint density at radius 3 is 2.75 bits per heavy atom. The van der Waals surface area contributed by atoms with Crippen LogP contribution in [0.25, 0.3) is 10.9 Å². The molecule has 3 heterocycles. The fourth-order valence-corrected chi connectivity index (χ4v) is 5.45. The minimum absolute atomic E-state index is 0.00631. The molecule has 1 saturated heterocycles. The third-order valence-electron chi connectivity index (χ3n) is 7.26. The Hall–Kier alpha value is -3.98. The number of fused-ring (bicyclic) bond motifs is 2. The van der Waals surface area contributed by atoms with E-state index in [1.54, 1.807) is 39.1 Å². The van der Waals surface area contributed by atoms with E-state index in [9.17, 15) is 14.4 Å². The van der Waals surface area contributed by atoms with Gasteiger partial charge in [-0.3, -0.25) is 24.3 Å². The van der Waals surface area contributed by atoms with Gasteiger partial charge in [0.15, 0.2) is 0 Å². The van der Waals surface area contributed by atoms with Gasteiger partial charge in [-0.1, -0.05) is 12.1 Å². The topological polar surface area (TPSA) is 115 Å². The number of nitrogens with two attached hydrogens (primary N) is 1. The van der Waals surface area contributed by atoms with Crippen LogP contribution in [0.3, 0.4) is 0 Å². The lowest BCUT2D eigenvalue weighted by atomic mass is 10.1. The Kier molecular flexibility index (Phi) is 7.76. The molecule has 2 aliphatic rings. The number of aromatic nitrogens is 1.